The van der Waals surface area contributed by atoms with Crippen LogP contribution in [0, 0.1) is 13.8 Å². The van der Waals surface area contributed by atoms with E-state index in [4.69, 9.17) is 32.4 Å². The zero-order valence-corrected chi connectivity index (χ0v) is 15.8. The molecule has 0 aliphatic rings. The zero-order chi connectivity index (χ0) is 18.7. The van der Waals surface area contributed by atoms with Crippen molar-refractivity contribution in [3.05, 3.63) is 81.2 Å². The molecule has 0 fully saturated rings. The number of hydrogen-bond acceptors (Lipinski definition) is 3. The van der Waals surface area contributed by atoms with Crippen molar-refractivity contribution in [3.63, 3.8) is 0 Å². The lowest BCUT2D eigenvalue weighted by molar-refractivity contribution is 0.0992. The van der Waals surface area contributed by atoms with E-state index in [0.717, 1.165) is 11.1 Å². The molecule has 26 heavy (non-hydrogen) atoms. The van der Waals surface area contributed by atoms with Crippen LogP contribution < -0.4 is 10.1 Å². The third-order valence-corrected chi connectivity index (χ3v) is 4.31. The van der Waals surface area contributed by atoms with Crippen LogP contribution in [0.4, 0.5) is 5.69 Å². The molecule has 0 aliphatic carbocycles. The maximum atomic E-state index is 12.4. The number of rotatable bonds is 5. The third-order valence-electron chi connectivity index (χ3n) is 3.84. The van der Waals surface area contributed by atoms with Gasteiger partial charge in [0, 0.05) is 15.7 Å². The van der Waals surface area contributed by atoms with Crippen LogP contribution in [0.5, 0.6) is 5.75 Å². The fourth-order valence-electron chi connectivity index (χ4n) is 2.41. The Bertz CT molecular complexity index is 950. The smallest absolute Gasteiger partial charge is 0.291 e. The van der Waals surface area contributed by atoms with Crippen molar-refractivity contribution in [2.45, 2.75) is 20.5 Å². The van der Waals surface area contributed by atoms with Gasteiger partial charge in [-0.25, -0.2) is 0 Å². The summed E-state index contributed by atoms with van der Waals surface area (Å²) in [5, 5.41) is 4.01. The van der Waals surface area contributed by atoms with E-state index in [-0.39, 0.29) is 18.3 Å². The normalized spacial score (nSPS) is 10.6. The highest BCUT2D eigenvalue weighted by atomic mass is 35.5. The Kier molecular flexibility index (Phi) is 5.55. The summed E-state index contributed by atoms with van der Waals surface area (Å²) >= 11 is 11.9. The topological polar surface area (TPSA) is 51.5 Å². The van der Waals surface area contributed by atoms with Crippen molar-refractivity contribution in [1.29, 1.82) is 0 Å². The van der Waals surface area contributed by atoms with Crippen molar-refractivity contribution in [3.8, 4) is 5.75 Å². The first-order valence-corrected chi connectivity index (χ1v) is 8.73. The lowest BCUT2D eigenvalue weighted by Gasteiger charge is -2.08. The predicted molar refractivity (Wildman–Crippen MR) is 103 cm³/mol. The van der Waals surface area contributed by atoms with Crippen molar-refractivity contribution in [2.24, 2.45) is 0 Å². The largest absolute Gasteiger partial charge is 0.485 e. The molecular weight excluding hydrogens is 373 g/mol. The fraction of sp³-hybridized carbons (Fsp3) is 0.150. The molecule has 1 amide bonds. The molecular formula is C20H17Cl2NO3. The number of benzene rings is 2. The van der Waals surface area contributed by atoms with Gasteiger partial charge in [0.2, 0.25) is 0 Å². The SMILES string of the molecule is Cc1ccc(Cl)cc1NC(=O)c1ccc(COc2ccc(Cl)cc2C)o1. The molecule has 0 atom stereocenters. The van der Waals surface area contributed by atoms with Crippen LogP contribution in [0.2, 0.25) is 10.0 Å². The minimum absolute atomic E-state index is 0.204. The van der Waals surface area contributed by atoms with E-state index in [1.165, 1.54) is 0 Å². The van der Waals surface area contributed by atoms with Gasteiger partial charge in [0.15, 0.2) is 5.76 Å². The number of hydrogen-bond donors (Lipinski definition) is 1. The molecule has 0 saturated heterocycles. The van der Waals surface area contributed by atoms with E-state index in [9.17, 15) is 4.79 Å². The number of nitrogens with one attached hydrogen (secondary N) is 1. The first-order valence-electron chi connectivity index (χ1n) is 7.97. The van der Waals surface area contributed by atoms with Crippen molar-refractivity contribution >= 4 is 34.8 Å². The van der Waals surface area contributed by atoms with Crippen LogP contribution in [0.15, 0.2) is 52.9 Å². The second kappa shape index (κ2) is 7.85. The molecule has 1 N–H and O–H groups in total. The van der Waals surface area contributed by atoms with Crippen molar-refractivity contribution in [1.82, 2.24) is 0 Å². The van der Waals surface area contributed by atoms with Gasteiger partial charge in [0.1, 0.15) is 18.1 Å². The number of halogens is 2. The maximum absolute atomic E-state index is 12.4. The lowest BCUT2D eigenvalue weighted by Crippen LogP contribution is -2.11. The van der Waals surface area contributed by atoms with Gasteiger partial charge < -0.3 is 14.5 Å². The first kappa shape index (κ1) is 18.4. The van der Waals surface area contributed by atoms with Crippen LogP contribution in [0.25, 0.3) is 0 Å². The Morgan fingerprint density at radius 1 is 1.00 bits per heavy atom. The molecule has 3 rings (SSSR count). The Balaban J connectivity index is 1.65. The molecule has 6 heteroatoms. The molecule has 1 heterocycles. The Labute approximate surface area is 161 Å². The van der Waals surface area contributed by atoms with E-state index < -0.39 is 0 Å². The second-order valence-electron chi connectivity index (χ2n) is 5.88. The predicted octanol–water partition coefficient (Wildman–Crippen LogP) is 6.03. The van der Waals surface area contributed by atoms with Gasteiger partial charge in [-0.15, -0.1) is 0 Å². The van der Waals surface area contributed by atoms with Gasteiger partial charge in [0.05, 0.1) is 0 Å². The first-order chi connectivity index (χ1) is 12.4. The standard InChI is InChI=1S/C20H17Cl2NO3/c1-12-3-4-15(22)10-17(12)23-20(24)19-8-6-16(26-19)11-25-18-7-5-14(21)9-13(18)2/h3-10H,11H2,1-2H3,(H,23,24). The average molecular weight is 390 g/mol. The highest BCUT2D eigenvalue weighted by molar-refractivity contribution is 6.31. The number of anilines is 1. The van der Waals surface area contributed by atoms with Gasteiger partial charge in [-0.05, 0) is 67.4 Å². The highest BCUT2D eigenvalue weighted by Gasteiger charge is 2.13. The van der Waals surface area contributed by atoms with Crippen LogP contribution in [0.1, 0.15) is 27.4 Å². The van der Waals surface area contributed by atoms with Crippen LogP contribution >= 0.6 is 23.2 Å². The summed E-state index contributed by atoms with van der Waals surface area (Å²) in [5.41, 5.74) is 2.49. The molecule has 0 unspecified atom stereocenters. The summed E-state index contributed by atoms with van der Waals surface area (Å²) in [6.07, 6.45) is 0. The molecule has 0 saturated carbocycles. The van der Waals surface area contributed by atoms with Gasteiger partial charge in [0.25, 0.3) is 5.91 Å². The molecule has 2 aromatic carbocycles. The van der Waals surface area contributed by atoms with Gasteiger partial charge in [-0.2, -0.15) is 0 Å². The number of ether oxygens (including phenoxy) is 1. The molecule has 3 aromatic rings. The van der Waals surface area contributed by atoms with Crippen molar-refractivity contribution in [2.75, 3.05) is 5.32 Å². The van der Waals surface area contributed by atoms with Gasteiger partial charge >= 0.3 is 0 Å². The highest BCUT2D eigenvalue weighted by Crippen LogP contribution is 2.24. The molecule has 0 aliphatic heterocycles. The zero-order valence-electron chi connectivity index (χ0n) is 14.3. The lowest BCUT2D eigenvalue weighted by atomic mass is 10.2. The second-order valence-corrected chi connectivity index (χ2v) is 6.75. The summed E-state index contributed by atoms with van der Waals surface area (Å²) in [4.78, 5) is 12.4. The van der Waals surface area contributed by atoms with Crippen LogP contribution in [-0.2, 0) is 6.61 Å². The molecule has 1 aromatic heterocycles. The van der Waals surface area contributed by atoms with E-state index in [1.54, 1.807) is 36.4 Å². The molecule has 4 nitrogen and oxygen atoms in total. The molecule has 0 bridgehead atoms. The third kappa shape index (κ3) is 4.40. The Morgan fingerprint density at radius 3 is 2.50 bits per heavy atom. The minimum Gasteiger partial charge on any atom is -0.485 e. The van der Waals surface area contributed by atoms with Gasteiger partial charge in [-0.1, -0.05) is 29.3 Å². The number of carbonyl (C=O) groups is 1. The van der Waals surface area contributed by atoms with Crippen molar-refractivity contribution < 1.29 is 13.9 Å². The van der Waals surface area contributed by atoms with E-state index >= 15 is 0 Å². The fourth-order valence-corrected chi connectivity index (χ4v) is 2.81. The van der Waals surface area contributed by atoms with Crippen LogP contribution in [0.3, 0.4) is 0 Å². The summed E-state index contributed by atoms with van der Waals surface area (Å²) in [6.45, 7) is 4.02. The molecule has 0 radical (unpaired) electrons. The number of amides is 1. The summed E-state index contributed by atoms with van der Waals surface area (Å²) in [5.74, 6) is 1.12. The minimum atomic E-state index is -0.343. The number of carbonyl (C=O) groups excluding carboxylic acids is 1. The van der Waals surface area contributed by atoms with E-state index in [1.807, 2.05) is 26.0 Å². The summed E-state index contributed by atoms with van der Waals surface area (Å²) in [7, 11) is 0. The number of aryl methyl sites for hydroxylation is 2. The van der Waals surface area contributed by atoms with Gasteiger partial charge in [-0.3, -0.25) is 4.79 Å². The summed E-state index contributed by atoms with van der Waals surface area (Å²) < 4.78 is 11.3. The van der Waals surface area contributed by atoms with E-state index in [0.29, 0.717) is 27.2 Å². The molecule has 134 valence electrons. The van der Waals surface area contributed by atoms with Crippen LogP contribution in [-0.4, -0.2) is 5.91 Å². The Hall–Kier alpha value is -2.43. The number of furan rings is 1. The van der Waals surface area contributed by atoms with E-state index in [2.05, 4.69) is 5.32 Å². The quantitative estimate of drug-likeness (QED) is 0.578. The average Bonchev–Trinajstić information content (AvgIpc) is 3.06. The molecule has 0 spiro atoms. The maximum Gasteiger partial charge on any atom is 0.291 e. The Morgan fingerprint density at radius 2 is 1.73 bits per heavy atom. The summed E-state index contributed by atoms with van der Waals surface area (Å²) in [6, 6.07) is 14.0. The monoisotopic (exact) mass is 389 g/mol.